The zero-order valence-corrected chi connectivity index (χ0v) is 12.3. The summed E-state index contributed by atoms with van der Waals surface area (Å²) in [5.41, 5.74) is 1.14. The number of aromatic nitrogens is 2. The zero-order valence-electron chi connectivity index (χ0n) is 11.5. The Kier molecular flexibility index (Phi) is 3.20. The van der Waals surface area contributed by atoms with Crippen LogP contribution in [0.25, 0.3) is 0 Å². The minimum absolute atomic E-state index is 0.0647. The predicted molar refractivity (Wildman–Crippen MR) is 73.6 cm³/mol. The Morgan fingerprint density at radius 3 is 2.95 bits per heavy atom. The molecule has 3 heterocycles. The van der Waals surface area contributed by atoms with Gasteiger partial charge in [-0.05, 0) is 19.3 Å². The standard InChI is InChI=1S/C13H17ClN4O2/c1-3-8-10(11(14)17(2)16-8)13(20)18-7-4-5-9(18)12(19)15-6-7/h7,9H,3-6H2,1-2H3,(H,15,19). The SMILES string of the molecule is CCc1nn(C)c(Cl)c1C(=O)N1C2CCC1C(=O)NC2. The summed E-state index contributed by atoms with van der Waals surface area (Å²) >= 11 is 6.21. The first-order valence-electron chi connectivity index (χ1n) is 6.86. The van der Waals surface area contributed by atoms with Gasteiger partial charge in [-0.1, -0.05) is 18.5 Å². The van der Waals surface area contributed by atoms with Gasteiger partial charge in [-0.15, -0.1) is 0 Å². The summed E-state index contributed by atoms with van der Waals surface area (Å²) < 4.78 is 1.51. The number of amides is 2. The second-order valence-electron chi connectivity index (χ2n) is 5.29. The number of halogens is 1. The van der Waals surface area contributed by atoms with Crippen LogP contribution < -0.4 is 5.32 Å². The molecular formula is C13H17ClN4O2. The number of nitrogens with zero attached hydrogens (tertiary/aromatic N) is 3. The minimum Gasteiger partial charge on any atom is -0.352 e. The van der Waals surface area contributed by atoms with Gasteiger partial charge in [0.15, 0.2) is 0 Å². The van der Waals surface area contributed by atoms with Crippen molar-refractivity contribution < 1.29 is 9.59 Å². The van der Waals surface area contributed by atoms with E-state index in [0.717, 1.165) is 12.8 Å². The van der Waals surface area contributed by atoms with Crippen LogP contribution in [0.2, 0.25) is 5.15 Å². The van der Waals surface area contributed by atoms with Crippen molar-refractivity contribution in [3.63, 3.8) is 0 Å². The highest BCUT2D eigenvalue weighted by molar-refractivity contribution is 6.33. The molecule has 2 atom stereocenters. The number of piperazine rings is 1. The van der Waals surface area contributed by atoms with E-state index in [4.69, 9.17) is 11.6 Å². The third-order valence-electron chi connectivity index (χ3n) is 4.15. The zero-order chi connectivity index (χ0) is 14.4. The van der Waals surface area contributed by atoms with Crippen molar-refractivity contribution in [3.05, 3.63) is 16.4 Å². The topological polar surface area (TPSA) is 67.2 Å². The first kappa shape index (κ1) is 13.4. The van der Waals surface area contributed by atoms with Crippen LogP contribution in [0, 0.1) is 0 Å². The number of rotatable bonds is 2. The molecule has 2 saturated heterocycles. The van der Waals surface area contributed by atoms with Crippen molar-refractivity contribution >= 4 is 23.4 Å². The van der Waals surface area contributed by atoms with Crippen molar-refractivity contribution in [2.24, 2.45) is 7.05 Å². The Hall–Kier alpha value is -1.56. The summed E-state index contributed by atoms with van der Waals surface area (Å²) in [6, 6.07) is -0.284. The maximum absolute atomic E-state index is 12.8. The molecule has 7 heteroatoms. The van der Waals surface area contributed by atoms with E-state index in [1.165, 1.54) is 4.68 Å². The van der Waals surface area contributed by atoms with Crippen LogP contribution in [0.4, 0.5) is 0 Å². The summed E-state index contributed by atoms with van der Waals surface area (Å²) in [5, 5.41) is 7.46. The number of nitrogens with one attached hydrogen (secondary N) is 1. The molecule has 0 radical (unpaired) electrons. The molecule has 1 aromatic rings. The van der Waals surface area contributed by atoms with Gasteiger partial charge >= 0.3 is 0 Å². The summed E-state index contributed by atoms with van der Waals surface area (Å²) in [5.74, 6) is -0.229. The van der Waals surface area contributed by atoms with Crippen LogP contribution in [0.15, 0.2) is 0 Å². The Morgan fingerprint density at radius 1 is 1.50 bits per heavy atom. The van der Waals surface area contributed by atoms with Gasteiger partial charge in [-0.3, -0.25) is 14.3 Å². The van der Waals surface area contributed by atoms with Crippen molar-refractivity contribution in [1.29, 1.82) is 0 Å². The van der Waals surface area contributed by atoms with E-state index in [9.17, 15) is 9.59 Å². The Labute approximate surface area is 122 Å². The van der Waals surface area contributed by atoms with Gasteiger partial charge in [0, 0.05) is 13.6 Å². The van der Waals surface area contributed by atoms with E-state index in [0.29, 0.717) is 29.4 Å². The second kappa shape index (κ2) is 4.77. The van der Waals surface area contributed by atoms with Crippen LogP contribution >= 0.6 is 11.6 Å². The summed E-state index contributed by atoms with van der Waals surface area (Å²) in [6.45, 7) is 2.47. The fourth-order valence-electron chi connectivity index (χ4n) is 3.13. The molecule has 2 bridgehead atoms. The maximum Gasteiger partial charge on any atom is 0.259 e. The van der Waals surface area contributed by atoms with Crippen molar-refractivity contribution in [3.8, 4) is 0 Å². The van der Waals surface area contributed by atoms with Gasteiger partial charge in [-0.25, -0.2) is 0 Å². The highest BCUT2D eigenvalue weighted by Gasteiger charge is 2.45. The number of fused-ring (bicyclic) bond motifs is 2. The van der Waals surface area contributed by atoms with Crippen molar-refractivity contribution in [2.45, 2.75) is 38.3 Å². The monoisotopic (exact) mass is 296 g/mol. The van der Waals surface area contributed by atoms with E-state index < -0.39 is 0 Å². The summed E-state index contributed by atoms with van der Waals surface area (Å²) in [7, 11) is 1.72. The van der Waals surface area contributed by atoms with E-state index in [1.807, 2.05) is 6.92 Å². The van der Waals surface area contributed by atoms with Crippen molar-refractivity contribution in [1.82, 2.24) is 20.0 Å². The Bertz CT molecular complexity index is 583. The lowest BCUT2D eigenvalue weighted by Gasteiger charge is -2.34. The largest absolute Gasteiger partial charge is 0.352 e. The first-order chi connectivity index (χ1) is 9.54. The number of aryl methyl sites for hydroxylation is 2. The molecule has 2 aliphatic rings. The number of carbonyl (C=O) groups excluding carboxylic acids is 2. The van der Waals surface area contributed by atoms with Crippen LogP contribution in [0.3, 0.4) is 0 Å². The van der Waals surface area contributed by atoms with Gasteiger partial charge in [0.2, 0.25) is 5.91 Å². The molecule has 1 N–H and O–H groups in total. The normalized spacial score (nSPS) is 24.9. The lowest BCUT2D eigenvalue weighted by atomic mass is 10.1. The fraction of sp³-hybridized carbons (Fsp3) is 0.615. The van der Waals surface area contributed by atoms with Crippen LogP contribution in [0.1, 0.15) is 35.8 Å². The molecule has 2 aliphatic heterocycles. The molecule has 2 unspecified atom stereocenters. The lowest BCUT2D eigenvalue weighted by molar-refractivity contribution is -0.127. The Morgan fingerprint density at radius 2 is 2.25 bits per heavy atom. The molecule has 0 spiro atoms. The molecule has 20 heavy (non-hydrogen) atoms. The number of carbonyl (C=O) groups is 2. The van der Waals surface area contributed by atoms with Crippen molar-refractivity contribution in [2.75, 3.05) is 6.54 Å². The Balaban J connectivity index is 1.99. The molecule has 3 rings (SSSR count). The molecule has 1 aromatic heterocycles. The van der Waals surface area contributed by atoms with Gasteiger partial charge < -0.3 is 10.2 Å². The third-order valence-corrected chi connectivity index (χ3v) is 4.58. The van der Waals surface area contributed by atoms with Gasteiger partial charge in [0.1, 0.15) is 11.2 Å². The van der Waals surface area contributed by atoms with Gasteiger partial charge in [0.05, 0.1) is 17.3 Å². The van der Waals surface area contributed by atoms with Gasteiger partial charge in [-0.2, -0.15) is 5.10 Å². The molecule has 2 amide bonds. The highest BCUT2D eigenvalue weighted by atomic mass is 35.5. The fourth-order valence-corrected chi connectivity index (χ4v) is 3.36. The second-order valence-corrected chi connectivity index (χ2v) is 5.65. The summed E-state index contributed by atoms with van der Waals surface area (Å²) in [6.07, 6.45) is 2.22. The molecule has 0 aliphatic carbocycles. The average molecular weight is 297 g/mol. The highest BCUT2D eigenvalue weighted by Crippen LogP contribution is 2.31. The van der Waals surface area contributed by atoms with Gasteiger partial charge in [0.25, 0.3) is 5.91 Å². The van der Waals surface area contributed by atoms with Crippen LogP contribution in [-0.4, -0.2) is 45.1 Å². The smallest absolute Gasteiger partial charge is 0.259 e. The van der Waals surface area contributed by atoms with E-state index in [1.54, 1.807) is 11.9 Å². The third kappa shape index (κ3) is 1.82. The molecule has 2 fully saturated rings. The van der Waals surface area contributed by atoms with Crippen LogP contribution in [0.5, 0.6) is 0 Å². The van der Waals surface area contributed by atoms with E-state index >= 15 is 0 Å². The van der Waals surface area contributed by atoms with E-state index in [-0.39, 0.29) is 23.9 Å². The maximum atomic E-state index is 12.8. The molecular weight excluding hydrogens is 280 g/mol. The summed E-state index contributed by atoms with van der Waals surface area (Å²) in [4.78, 5) is 26.4. The first-order valence-corrected chi connectivity index (χ1v) is 7.24. The molecule has 108 valence electrons. The molecule has 0 saturated carbocycles. The molecule has 0 aromatic carbocycles. The average Bonchev–Trinajstić information content (AvgIpc) is 2.92. The quantitative estimate of drug-likeness (QED) is 0.875. The minimum atomic E-state index is -0.359. The lowest BCUT2D eigenvalue weighted by Crippen LogP contribution is -2.57. The number of hydrogen-bond donors (Lipinski definition) is 1. The predicted octanol–water partition coefficient (Wildman–Crippen LogP) is 0.739. The van der Waals surface area contributed by atoms with E-state index in [2.05, 4.69) is 10.4 Å². The van der Waals surface area contributed by atoms with Crippen LogP contribution in [-0.2, 0) is 18.3 Å². The molecule has 6 nitrogen and oxygen atoms in total. The number of hydrogen-bond acceptors (Lipinski definition) is 3.